The summed E-state index contributed by atoms with van der Waals surface area (Å²) >= 11 is 0. The molecule has 6 rings (SSSR count). The number of carbonyl (C=O) groups is 5. The number of benzene rings is 2. The number of hydrogen-bond acceptors (Lipinski definition) is 6. The van der Waals surface area contributed by atoms with Gasteiger partial charge >= 0.3 is 0 Å². The summed E-state index contributed by atoms with van der Waals surface area (Å²) in [6.45, 7) is 0.462. The first-order valence-electron chi connectivity index (χ1n) is 14.2. The number of hydrogen-bond donors (Lipinski definition) is 4. The number of amides is 4. The van der Waals surface area contributed by atoms with Crippen molar-refractivity contribution in [3.8, 4) is 5.75 Å². The van der Waals surface area contributed by atoms with Crippen molar-refractivity contribution in [3.63, 3.8) is 0 Å². The Kier molecular flexibility index (Phi) is 7.17. The van der Waals surface area contributed by atoms with Crippen molar-refractivity contribution in [2.45, 2.75) is 50.2 Å². The molecule has 4 atom stereocenters. The van der Waals surface area contributed by atoms with E-state index in [1.54, 1.807) is 36.4 Å². The SMILES string of the molecule is COc1cccc2[nH]c(C(=O)N3C(C(N)=O)Cc4ccccc4C3[C@H](C[C@H]3CCNC3=O)C(=O)C(=O)NC3CC3)cc12. The molecule has 2 aliphatic heterocycles. The van der Waals surface area contributed by atoms with Gasteiger partial charge in [-0.25, -0.2) is 0 Å². The van der Waals surface area contributed by atoms with Gasteiger partial charge in [0.05, 0.1) is 19.1 Å². The molecule has 1 saturated carbocycles. The van der Waals surface area contributed by atoms with Crippen LogP contribution in [0.5, 0.6) is 5.75 Å². The van der Waals surface area contributed by atoms with E-state index in [4.69, 9.17) is 10.5 Å². The van der Waals surface area contributed by atoms with E-state index in [2.05, 4.69) is 15.6 Å². The molecule has 2 aromatic carbocycles. The Morgan fingerprint density at radius 1 is 1.10 bits per heavy atom. The molecule has 3 aliphatic rings. The monoisotopic (exact) mass is 571 g/mol. The third-order valence-corrected chi connectivity index (χ3v) is 8.62. The summed E-state index contributed by atoms with van der Waals surface area (Å²) in [7, 11) is 1.53. The molecule has 3 heterocycles. The summed E-state index contributed by atoms with van der Waals surface area (Å²) in [5.74, 6) is -4.01. The molecule has 1 aromatic heterocycles. The fraction of sp³-hybridized carbons (Fsp3) is 0.387. The third-order valence-electron chi connectivity index (χ3n) is 8.62. The first-order chi connectivity index (χ1) is 20.3. The van der Waals surface area contributed by atoms with Gasteiger partial charge in [-0.1, -0.05) is 30.3 Å². The molecule has 0 spiro atoms. The van der Waals surface area contributed by atoms with Crippen LogP contribution in [-0.4, -0.2) is 65.0 Å². The van der Waals surface area contributed by atoms with Crippen molar-refractivity contribution < 1.29 is 28.7 Å². The van der Waals surface area contributed by atoms with Crippen LogP contribution in [0.15, 0.2) is 48.5 Å². The van der Waals surface area contributed by atoms with Crippen molar-refractivity contribution >= 4 is 40.3 Å². The number of nitrogens with two attached hydrogens (primary N) is 1. The molecule has 3 aromatic rings. The van der Waals surface area contributed by atoms with Crippen LogP contribution in [0.2, 0.25) is 0 Å². The van der Waals surface area contributed by atoms with E-state index >= 15 is 0 Å². The number of aromatic amines is 1. The maximum Gasteiger partial charge on any atom is 0.287 e. The lowest BCUT2D eigenvalue weighted by molar-refractivity contribution is -0.143. The lowest BCUT2D eigenvalue weighted by Crippen LogP contribution is -2.56. The number of H-pyrrole nitrogens is 1. The normalized spacial score (nSPS) is 22.3. The van der Waals surface area contributed by atoms with Crippen LogP contribution >= 0.6 is 0 Å². The number of primary amides is 1. The summed E-state index contributed by atoms with van der Waals surface area (Å²) in [5.41, 5.74) is 8.15. The van der Waals surface area contributed by atoms with Gasteiger partial charge in [-0.3, -0.25) is 24.0 Å². The van der Waals surface area contributed by atoms with E-state index in [1.807, 2.05) is 12.1 Å². The summed E-state index contributed by atoms with van der Waals surface area (Å²) < 4.78 is 5.46. The minimum atomic E-state index is -1.09. The highest BCUT2D eigenvalue weighted by Crippen LogP contribution is 2.43. The van der Waals surface area contributed by atoms with Crippen molar-refractivity contribution in [2.24, 2.45) is 17.6 Å². The Morgan fingerprint density at radius 3 is 2.57 bits per heavy atom. The van der Waals surface area contributed by atoms with Gasteiger partial charge in [-0.05, 0) is 55.0 Å². The van der Waals surface area contributed by atoms with Crippen molar-refractivity contribution in [2.75, 3.05) is 13.7 Å². The molecule has 0 bridgehead atoms. The molecule has 218 valence electrons. The van der Waals surface area contributed by atoms with E-state index in [-0.39, 0.29) is 30.5 Å². The highest BCUT2D eigenvalue weighted by Gasteiger charge is 2.49. The number of ether oxygens (including phenoxy) is 1. The summed E-state index contributed by atoms with van der Waals surface area (Å²) in [6.07, 6.45) is 2.27. The zero-order valence-electron chi connectivity index (χ0n) is 23.2. The minimum Gasteiger partial charge on any atom is -0.496 e. The van der Waals surface area contributed by atoms with Crippen LogP contribution in [0, 0.1) is 11.8 Å². The van der Waals surface area contributed by atoms with Crippen LogP contribution in [0.4, 0.5) is 0 Å². The van der Waals surface area contributed by atoms with Crippen LogP contribution in [0.3, 0.4) is 0 Å². The van der Waals surface area contributed by atoms with Gasteiger partial charge in [-0.2, -0.15) is 0 Å². The molecule has 0 radical (unpaired) electrons. The Labute approximate surface area is 242 Å². The topological polar surface area (TPSA) is 164 Å². The number of nitrogens with zero attached hydrogens (tertiary/aromatic N) is 1. The standard InChI is InChI=1S/C31H33N5O6/c1-42-25-8-4-7-22-20(25)15-23(35-22)31(41)36-24(28(32)38)14-16-5-2-3-6-19(16)26(36)21(13-17-11-12-33-29(17)39)27(37)30(40)34-18-9-10-18/h2-8,15,17-18,21,24,26,35H,9-14H2,1H3,(H2,32,38)(H,33,39)(H,34,40)/t17-,21+,24?,26?/m1/s1. The van der Waals surface area contributed by atoms with Gasteiger partial charge < -0.3 is 31.0 Å². The van der Waals surface area contributed by atoms with Gasteiger partial charge in [0, 0.05) is 35.8 Å². The van der Waals surface area contributed by atoms with Crippen LogP contribution in [0.25, 0.3) is 10.9 Å². The number of carbonyl (C=O) groups excluding carboxylic acids is 5. The average molecular weight is 572 g/mol. The predicted octanol–water partition coefficient (Wildman–Crippen LogP) is 1.76. The number of nitrogens with one attached hydrogen (secondary N) is 3. The molecule has 11 heteroatoms. The number of ketones is 1. The van der Waals surface area contributed by atoms with Crippen molar-refractivity contribution in [1.82, 2.24) is 20.5 Å². The highest BCUT2D eigenvalue weighted by molar-refractivity contribution is 6.37. The lowest BCUT2D eigenvalue weighted by atomic mass is 9.75. The molecular formula is C31H33N5O6. The van der Waals surface area contributed by atoms with Gasteiger partial charge in [0.2, 0.25) is 17.6 Å². The van der Waals surface area contributed by atoms with E-state index in [0.717, 1.165) is 18.4 Å². The Balaban J connectivity index is 1.49. The highest BCUT2D eigenvalue weighted by atomic mass is 16.5. The van der Waals surface area contributed by atoms with Gasteiger partial charge in [-0.15, -0.1) is 0 Å². The number of Topliss-reactive ketones (excluding diaryl/α,β-unsaturated/α-hetero) is 1. The minimum absolute atomic E-state index is 0.0392. The first kappa shape index (κ1) is 27.5. The molecule has 42 heavy (non-hydrogen) atoms. The summed E-state index contributed by atoms with van der Waals surface area (Å²) in [6, 6.07) is 12.1. The molecule has 4 amide bonds. The summed E-state index contributed by atoms with van der Waals surface area (Å²) in [5, 5.41) is 6.24. The van der Waals surface area contributed by atoms with Gasteiger partial charge in [0.25, 0.3) is 11.8 Å². The average Bonchev–Trinajstić information content (AvgIpc) is 3.54. The third kappa shape index (κ3) is 4.99. The van der Waals surface area contributed by atoms with Crippen molar-refractivity contribution in [1.29, 1.82) is 0 Å². The Morgan fingerprint density at radius 2 is 1.88 bits per heavy atom. The molecule has 5 N–H and O–H groups in total. The molecule has 2 unspecified atom stereocenters. The van der Waals surface area contributed by atoms with Crippen LogP contribution in [-0.2, 0) is 25.6 Å². The fourth-order valence-electron chi connectivity index (χ4n) is 6.34. The van der Waals surface area contributed by atoms with Crippen molar-refractivity contribution in [3.05, 3.63) is 65.4 Å². The molecule has 2 fully saturated rings. The van der Waals surface area contributed by atoms with E-state index in [9.17, 15) is 24.0 Å². The maximum atomic E-state index is 14.4. The first-order valence-corrected chi connectivity index (χ1v) is 14.2. The van der Waals surface area contributed by atoms with Crippen LogP contribution < -0.4 is 21.1 Å². The number of methoxy groups -OCH3 is 1. The number of fused-ring (bicyclic) bond motifs is 2. The Hall–Kier alpha value is -4.67. The second-order valence-corrected chi connectivity index (χ2v) is 11.3. The zero-order chi connectivity index (χ0) is 29.5. The number of rotatable bonds is 9. The zero-order valence-corrected chi connectivity index (χ0v) is 23.2. The van der Waals surface area contributed by atoms with E-state index in [0.29, 0.717) is 35.2 Å². The predicted molar refractivity (Wildman–Crippen MR) is 152 cm³/mol. The fourth-order valence-corrected chi connectivity index (χ4v) is 6.34. The molecule has 1 aliphatic carbocycles. The molecular weight excluding hydrogens is 538 g/mol. The molecule has 11 nitrogen and oxygen atoms in total. The largest absolute Gasteiger partial charge is 0.496 e. The molecule has 1 saturated heterocycles. The van der Waals surface area contributed by atoms with E-state index < -0.39 is 47.4 Å². The van der Waals surface area contributed by atoms with E-state index in [1.165, 1.54) is 12.0 Å². The number of aromatic nitrogens is 1. The van der Waals surface area contributed by atoms with Crippen LogP contribution in [0.1, 0.15) is 53.3 Å². The maximum absolute atomic E-state index is 14.4. The quantitative estimate of drug-likeness (QED) is 0.286. The Bertz CT molecular complexity index is 1590. The lowest BCUT2D eigenvalue weighted by Gasteiger charge is -2.45. The summed E-state index contributed by atoms with van der Waals surface area (Å²) in [4.78, 5) is 71.8. The van der Waals surface area contributed by atoms with Gasteiger partial charge in [0.1, 0.15) is 17.5 Å². The van der Waals surface area contributed by atoms with Gasteiger partial charge in [0.15, 0.2) is 0 Å². The smallest absolute Gasteiger partial charge is 0.287 e. The second-order valence-electron chi connectivity index (χ2n) is 11.3. The second kappa shape index (κ2) is 11.0.